The van der Waals surface area contributed by atoms with E-state index in [0.717, 1.165) is 28.0 Å². The van der Waals surface area contributed by atoms with E-state index in [0.29, 0.717) is 17.8 Å². The number of carbonyl (C=O) groups is 1. The Morgan fingerprint density at radius 2 is 1.70 bits per heavy atom. The number of hydrogen-bond acceptors (Lipinski definition) is 4. The molecule has 4 aromatic carbocycles. The molecule has 8 heteroatoms. The first-order chi connectivity index (χ1) is 17.9. The molecule has 0 fully saturated rings. The lowest BCUT2D eigenvalue weighted by Gasteiger charge is -2.24. The summed E-state index contributed by atoms with van der Waals surface area (Å²) in [5, 5.41) is 2.86. The quantitative estimate of drug-likeness (QED) is 0.322. The molecule has 7 nitrogen and oxygen atoms in total. The Balaban J connectivity index is 1.22. The van der Waals surface area contributed by atoms with Crippen LogP contribution in [0.15, 0.2) is 102 Å². The summed E-state index contributed by atoms with van der Waals surface area (Å²) >= 11 is 0. The van der Waals surface area contributed by atoms with Crippen molar-refractivity contribution >= 4 is 38.3 Å². The van der Waals surface area contributed by atoms with Crippen molar-refractivity contribution in [1.29, 1.82) is 0 Å². The maximum Gasteiger partial charge on any atom is 0.264 e. The largest absolute Gasteiger partial charge is 0.338 e. The minimum Gasteiger partial charge on any atom is -0.338 e. The lowest BCUT2D eigenvalue weighted by Crippen LogP contribution is -2.35. The lowest BCUT2D eigenvalue weighted by atomic mass is 10.1. The van der Waals surface area contributed by atoms with Crippen LogP contribution >= 0.6 is 0 Å². The predicted octanol–water partition coefficient (Wildman–Crippen LogP) is 5.62. The van der Waals surface area contributed by atoms with E-state index in [2.05, 4.69) is 15.3 Å². The molecule has 1 amide bonds. The smallest absolute Gasteiger partial charge is 0.264 e. The topological polar surface area (TPSA) is 95.2 Å². The minimum absolute atomic E-state index is 0.0870. The molecular formula is C29H24N4O3S. The standard InChI is InChI=1S/C29H24N4O3S/c1-19-17-21-7-2-5-12-27(21)33(19)37(35,36)24-9-6-8-22(18-24)29(34)30-23-15-13-20(14-16-23)28-31-25-10-3-4-11-26(25)32-28/h2-16,18-19H,17H2,1H3,(H,30,34)(H,31,32)/t19-/m1/s1. The molecule has 5 aromatic rings. The fraction of sp³-hybridized carbons (Fsp3) is 0.103. The van der Waals surface area contributed by atoms with Crippen LogP contribution in [0.3, 0.4) is 0 Å². The Kier molecular flexibility index (Phi) is 5.53. The summed E-state index contributed by atoms with van der Waals surface area (Å²) < 4.78 is 28.6. The number of carbonyl (C=O) groups excluding carboxylic acids is 1. The summed E-state index contributed by atoms with van der Waals surface area (Å²) in [6.45, 7) is 1.89. The third kappa shape index (κ3) is 4.15. The van der Waals surface area contributed by atoms with Crippen LogP contribution in [-0.4, -0.2) is 30.3 Å². The Labute approximate surface area is 214 Å². The molecule has 0 radical (unpaired) electrons. The summed E-state index contributed by atoms with van der Waals surface area (Å²) in [6.07, 6.45) is 0.652. The normalized spacial score (nSPS) is 15.1. The average molecular weight is 509 g/mol. The average Bonchev–Trinajstić information content (AvgIpc) is 3.50. The number of H-pyrrole nitrogens is 1. The van der Waals surface area contributed by atoms with Crippen LogP contribution in [0.2, 0.25) is 0 Å². The summed E-state index contributed by atoms with van der Waals surface area (Å²) in [5.74, 6) is 0.359. The van der Waals surface area contributed by atoms with Crippen LogP contribution in [0, 0.1) is 0 Å². The van der Waals surface area contributed by atoms with Crippen LogP contribution in [0.5, 0.6) is 0 Å². The van der Waals surface area contributed by atoms with Crippen LogP contribution in [0.1, 0.15) is 22.8 Å². The zero-order valence-electron chi connectivity index (χ0n) is 20.0. The number of sulfonamides is 1. The third-order valence-corrected chi connectivity index (χ3v) is 8.53. The number of aromatic nitrogens is 2. The second kappa shape index (κ2) is 8.90. The van der Waals surface area contributed by atoms with Gasteiger partial charge in [-0.05, 0) is 79.6 Å². The number of nitrogens with zero attached hydrogens (tertiary/aromatic N) is 2. The first kappa shape index (κ1) is 23.0. The van der Waals surface area contributed by atoms with E-state index in [-0.39, 0.29) is 22.4 Å². The second-order valence-electron chi connectivity index (χ2n) is 9.14. The molecule has 0 bridgehead atoms. The van der Waals surface area contributed by atoms with Gasteiger partial charge in [-0.25, -0.2) is 13.4 Å². The van der Waals surface area contributed by atoms with Gasteiger partial charge in [0, 0.05) is 22.9 Å². The molecule has 0 saturated heterocycles. The van der Waals surface area contributed by atoms with Gasteiger partial charge in [0.2, 0.25) is 0 Å². The minimum atomic E-state index is -3.83. The number of amides is 1. The number of hydrogen-bond donors (Lipinski definition) is 2. The molecule has 37 heavy (non-hydrogen) atoms. The fourth-order valence-corrected chi connectivity index (χ4v) is 6.56. The van der Waals surface area contributed by atoms with Gasteiger partial charge in [0.05, 0.1) is 21.6 Å². The van der Waals surface area contributed by atoms with Gasteiger partial charge in [-0.3, -0.25) is 9.10 Å². The fourth-order valence-electron chi connectivity index (χ4n) is 4.82. The number of benzene rings is 4. The van der Waals surface area contributed by atoms with Crippen molar-refractivity contribution in [3.63, 3.8) is 0 Å². The first-order valence-electron chi connectivity index (χ1n) is 12.0. The monoisotopic (exact) mass is 508 g/mol. The molecule has 1 aliphatic rings. The molecule has 2 heterocycles. The maximum atomic E-state index is 13.6. The number of para-hydroxylation sites is 3. The molecule has 2 N–H and O–H groups in total. The van der Waals surface area contributed by atoms with Crippen molar-refractivity contribution in [2.24, 2.45) is 0 Å². The molecule has 184 valence electrons. The summed E-state index contributed by atoms with van der Waals surface area (Å²) in [5.41, 5.74) is 5.28. The van der Waals surface area contributed by atoms with E-state index in [1.807, 2.05) is 67.6 Å². The zero-order chi connectivity index (χ0) is 25.6. The molecule has 0 saturated carbocycles. The highest BCUT2D eigenvalue weighted by Gasteiger charge is 2.36. The highest BCUT2D eigenvalue weighted by atomic mass is 32.2. The maximum absolute atomic E-state index is 13.6. The number of anilines is 2. The number of fused-ring (bicyclic) bond motifs is 2. The van der Waals surface area contributed by atoms with E-state index in [4.69, 9.17) is 0 Å². The Morgan fingerprint density at radius 1 is 0.946 bits per heavy atom. The molecule has 0 spiro atoms. The Hall–Kier alpha value is -4.43. The molecule has 0 aliphatic carbocycles. The van der Waals surface area contributed by atoms with E-state index < -0.39 is 10.0 Å². The Bertz CT molecular complexity index is 1710. The van der Waals surface area contributed by atoms with Gasteiger partial charge < -0.3 is 10.3 Å². The van der Waals surface area contributed by atoms with Gasteiger partial charge in [0.1, 0.15) is 5.82 Å². The van der Waals surface area contributed by atoms with Crippen molar-refractivity contribution in [3.05, 3.63) is 108 Å². The first-order valence-corrected chi connectivity index (χ1v) is 13.4. The highest BCUT2D eigenvalue weighted by Crippen LogP contribution is 2.36. The van der Waals surface area contributed by atoms with Crippen molar-refractivity contribution in [3.8, 4) is 11.4 Å². The molecular weight excluding hydrogens is 484 g/mol. The molecule has 1 aliphatic heterocycles. The Morgan fingerprint density at radius 3 is 2.51 bits per heavy atom. The number of aromatic amines is 1. The lowest BCUT2D eigenvalue weighted by molar-refractivity contribution is 0.102. The number of imidazole rings is 1. The van der Waals surface area contributed by atoms with Crippen molar-refractivity contribution in [2.45, 2.75) is 24.3 Å². The van der Waals surface area contributed by atoms with E-state index in [9.17, 15) is 13.2 Å². The van der Waals surface area contributed by atoms with Crippen LogP contribution in [0.25, 0.3) is 22.4 Å². The summed E-state index contributed by atoms with van der Waals surface area (Å²) in [6, 6.07) is 28.6. The van der Waals surface area contributed by atoms with Gasteiger partial charge in [0.15, 0.2) is 0 Å². The van der Waals surface area contributed by atoms with Crippen LogP contribution in [0.4, 0.5) is 11.4 Å². The third-order valence-electron chi connectivity index (χ3n) is 6.60. The van der Waals surface area contributed by atoms with Crippen LogP contribution in [-0.2, 0) is 16.4 Å². The van der Waals surface area contributed by atoms with E-state index >= 15 is 0 Å². The van der Waals surface area contributed by atoms with Crippen LogP contribution < -0.4 is 9.62 Å². The molecule has 6 rings (SSSR count). The van der Waals surface area contributed by atoms with Gasteiger partial charge in [-0.2, -0.15) is 0 Å². The summed E-state index contributed by atoms with van der Waals surface area (Å²) in [7, 11) is -3.83. The van der Waals surface area contributed by atoms with Gasteiger partial charge in [0.25, 0.3) is 15.9 Å². The highest BCUT2D eigenvalue weighted by molar-refractivity contribution is 7.92. The molecule has 0 unspecified atom stereocenters. The van der Waals surface area contributed by atoms with Crippen molar-refractivity contribution in [2.75, 3.05) is 9.62 Å². The van der Waals surface area contributed by atoms with Gasteiger partial charge in [-0.1, -0.05) is 36.4 Å². The van der Waals surface area contributed by atoms with E-state index in [1.54, 1.807) is 24.3 Å². The zero-order valence-corrected chi connectivity index (χ0v) is 20.9. The number of nitrogens with one attached hydrogen (secondary N) is 2. The second-order valence-corrected chi connectivity index (χ2v) is 11.0. The number of rotatable bonds is 5. The van der Waals surface area contributed by atoms with Gasteiger partial charge in [-0.15, -0.1) is 0 Å². The summed E-state index contributed by atoms with van der Waals surface area (Å²) in [4.78, 5) is 21.0. The van der Waals surface area contributed by atoms with Crippen molar-refractivity contribution < 1.29 is 13.2 Å². The molecule has 1 aromatic heterocycles. The predicted molar refractivity (Wildman–Crippen MR) is 145 cm³/mol. The SMILES string of the molecule is C[C@@H]1Cc2ccccc2N1S(=O)(=O)c1cccc(C(=O)Nc2ccc(-c3nc4ccccc4[nH]3)cc2)c1. The van der Waals surface area contributed by atoms with Gasteiger partial charge >= 0.3 is 0 Å². The molecule has 1 atom stereocenters. The van der Waals surface area contributed by atoms with Crippen molar-refractivity contribution in [1.82, 2.24) is 9.97 Å². The van der Waals surface area contributed by atoms with E-state index in [1.165, 1.54) is 16.4 Å².